The molecule has 1 fully saturated rings. The van der Waals surface area contributed by atoms with Crippen LogP contribution < -0.4 is 4.90 Å². The van der Waals surface area contributed by atoms with Crippen LogP contribution in [0, 0.1) is 0 Å². The van der Waals surface area contributed by atoms with Gasteiger partial charge in [0.05, 0.1) is 17.0 Å². The molecule has 0 saturated heterocycles. The molecule has 0 amide bonds. The highest BCUT2D eigenvalue weighted by atomic mass is 32.2. The van der Waals surface area contributed by atoms with Gasteiger partial charge in [0, 0.05) is 12.7 Å². The standard InChI is InChI=1S/C14H19F2NO3S/c1-17(12-4-2-3-5-13(12)18)10-6-8-11(9-7-10)21(19,20)14(15)16/h6-9,12-14,18H,2-5H2,1H3. The first kappa shape index (κ1) is 16.2. The molecule has 1 aromatic carbocycles. The lowest BCUT2D eigenvalue weighted by molar-refractivity contribution is 0.106. The average Bonchev–Trinajstić information content (AvgIpc) is 2.47. The van der Waals surface area contributed by atoms with Crippen LogP contribution in [0.25, 0.3) is 0 Å². The molecule has 1 N–H and O–H groups in total. The second kappa shape index (κ2) is 6.27. The van der Waals surface area contributed by atoms with Gasteiger partial charge in [-0.15, -0.1) is 0 Å². The van der Waals surface area contributed by atoms with Crippen LogP contribution in [0.15, 0.2) is 29.2 Å². The van der Waals surface area contributed by atoms with Crippen LogP contribution in [0.3, 0.4) is 0 Å². The molecule has 2 atom stereocenters. The third-order valence-electron chi connectivity index (χ3n) is 4.00. The average molecular weight is 319 g/mol. The van der Waals surface area contributed by atoms with Gasteiger partial charge in [0.15, 0.2) is 0 Å². The minimum atomic E-state index is -4.56. The number of hydrogen-bond donors (Lipinski definition) is 1. The van der Waals surface area contributed by atoms with E-state index in [1.165, 1.54) is 24.3 Å². The number of hydrogen-bond acceptors (Lipinski definition) is 4. The zero-order valence-electron chi connectivity index (χ0n) is 11.7. The van der Waals surface area contributed by atoms with Crippen molar-refractivity contribution in [2.45, 2.75) is 48.5 Å². The fourth-order valence-corrected chi connectivity index (χ4v) is 3.43. The molecular weight excluding hydrogens is 300 g/mol. The van der Waals surface area contributed by atoms with E-state index >= 15 is 0 Å². The third-order valence-corrected chi connectivity index (χ3v) is 5.40. The third kappa shape index (κ3) is 3.35. The zero-order chi connectivity index (χ0) is 15.6. The lowest BCUT2D eigenvalue weighted by atomic mass is 9.91. The van der Waals surface area contributed by atoms with Gasteiger partial charge in [-0.3, -0.25) is 0 Å². The van der Waals surface area contributed by atoms with Crippen LogP contribution >= 0.6 is 0 Å². The Balaban J connectivity index is 2.19. The van der Waals surface area contributed by atoms with E-state index in [1.54, 1.807) is 0 Å². The maximum Gasteiger partial charge on any atom is 0.341 e. The van der Waals surface area contributed by atoms with Gasteiger partial charge in [-0.1, -0.05) is 12.8 Å². The topological polar surface area (TPSA) is 57.6 Å². The summed E-state index contributed by atoms with van der Waals surface area (Å²) < 4.78 is 47.7. The number of benzene rings is 1. The second-order valence-corrected chi connectivity index (χ2v) is 7.25. The molecule has 1 aliphatic rings. The van der Waals surface area contributed by atoms with Gasteiger partial charge < -0.3 is 10.0 Å². The van der Waals surface area contributed by atoms with Crippen molar-refractivity contribution in [2.24, 2.45) is 0 Å². The normalized spacial score (nSPS) is 23.3. The number of anilines is 1. The molecule has 0 spiro atoms. The molecule has 0 bridgehead atoms. The molecule has 7 heteroatoms. The van der Waals surface area contributed by atoms with Crippen molar-refractivity contribution in [3.8, 4) is 0 Å². The van der Waals surface area contributed by atoms with E-state index in [4.69, 9.17) is 0 Å². The smallest absolute Gasteiger partial charge is 0.341 e. The lowest BCUT2D eigenvalue weighted by Gasteiger charge is -2.36. The van der Waals surface area contributed by atoms with Crippen LogP contribution in [0.5, 0.6) is 0 Å². The number of aliphatic hydroxyl groups is 1. The molecule has 4 nitrogen and oxygen atoms in total. The summed E-state index contributed by atoms with van der Waals surface area (Å²) in [6.07, 6.45) is 3.20. The molecule has 1 saturated carbocycles. The molecule has 1 aliphatic carbocycles. The Morgan fingerprint density at radius 3 is 2.29 bits per heavy atom. The summed E-state index contributed by atoms with van der Waals surface area (Å²) in [5.41, 5.74) is 0.703. The number of rotatable bonds is 4. The monoisotopic (exact) mass is 319 g/mol. The van der Waals surface area contributed by atoms with Crippen molar-refractivity contribution in [3.05, 3.63) is 24.3 Å². The fourth-order valence-electron chi connectivity index (χ4n) is 2.71. The quantitative estimate of drug-likeness (QED) is 0.926. The number of halogens is 2. The van der Waals surface area contributed by atoms with Gasteiger partial charge in [-0.05, 0) is 37.1 Å². The maximum atomic E-state index is 12.5. The molecule has 0 aliphatic heterocycles. The van der Waals surface area contributed by atoms with Crippen LogP contribution in [-0.2, 0) is 9.84 Å². The van der Waals surface area contributed by atoms with Gasteiger partial charge in [-0.2, -0.15) is 8.78 Å². The largest absolute Gasteiger partial charge is 0.391 e. The van der Waals surface area contributed by atoms with E-state index in [9.17, 15) is 22.3 Å². The predicted molar refractivity (Wildman–Crippen MR) is 76.3 cm³/mol. The van der Waals surface area contributed by atoms with E-state index in [0.29, 0.717) is 5.69 Å². The number of alkyl halides is 2. The molecule has 2 unspecified atom stereocenters. The summed E-state index contributed by atoms with van der Waals surface area (Å²) in [7, 11) is -2.74. The van der Waals surface area contributed by atoms with Crippen molar-refractivity contribution in [1.29, 1.82) is 0 Å². The summed E-state index contributed by atoms with van der Waals surface area (Å²) in [5.74, 6) is -3.42. The number of aliphatic hydroxyl groups excluding tert-OH is 1. The highest BCUT2D eigenvalue weighted by Crippen LogP contribution is 2.28. The van der Waals surface area contributed by atoms with E-state index in [0.717, 1.165) is 25.7 Å². The molecule has 2 rings (SSSR count). The summed E-state index contributed by atoms with van der Waals surface area (Å²) in [6, 6.07) is 5.33. The SMILES string of the molecule is CN(c1ccc(S(=O)(=O)C(F)F)cc1)C1CCCCC1O. The summed E-state index contributed by atoms with van der Waals surface area (Å²) in [6.45, 7) is 0. The Bertz CT molecular complexity index is 574. The minimum Gasteiger partial charge on any atom is -0.391 e. The predicted octanol–water partition coefficient (Wildman–Crippen LogP) is 2.42. The molecule has 0 radical (unpaired) electrons. The number of nitrogens with zero attached hydrogens (tertiary/aromatic N) is 1. The first-order chi connectivity index (χ1) is 9.84. The zero-order valence-corrected chi connectivity index (χ0v) is 12.6. The van der Waals surface area contributed by atoms with Crippen LogP contribution in [0.1, 0.15) is 25.7 Å². The second-order valence-electron chi connectivity index (χ2n) is 5.33. The van der Waals surface area contributed by atoms with Crippen molar-refractivity contribution in [2.75, 3.05) is 11.9 Å². The van der Waals surface area contributed by atoms with Crippen LogP contribution in [-0.4, -0.2) is 38.5 Å². The minimum absolute atomic E-state index is 0.0312. The van der Waals surface area contributed by atoms with Gasteiger partial charge in [0.25, 0.3) is 0 Å². The molecular formula is C14H19F2NO3S. The Morgan fingerprint density at radius 2 is 1.76 bits per heavy atom. The summed E-state index contributed by atoms with van der Waals surface area (Å²) >= 11 is 0. The van der Waals surface area contributed by atoms with Crippen molar-refractivity contribution >= 4 is 15.5 Å². The molecule has 118 valence electrons. The fraction of sp³-hybridized carbons (Fsp3) is 0.571. The Labute approximate surface area is 123 Å². The van der Waals surface area contributed by atoms with Gasteiger partial charge >= 0.3 is 5.76 Å². The number of likely N-dealkylation sites (N-methyl/N-ethyl adjacent to an activating group) is 1. The van der Waals surface area contributed by atoms with E-state index in [1.807, 2.05) is 11.9 Å². The Morgan fingerprint density at radius 1 is 1.19 bits per heavy atom. The molecule has 21 heavy (non-hydrogen) atoms. The van der Waals surface area contributed by atoms with E-state index in [2.05, 4.69) is 0 Å². The molecule has 0 heterocycles. The maximum absolute atomic E-state index is 12.5. The Kier molecular flexibility index (Phi) is 4.83. The number of sulfone groups is 1. The van der Waals surface area contributed by atoms with Gasteiger partial charge in [-0.25, -0.2) is 8.42 Å². The van der Waals surface area contributed by atoms with Crippen molar-refractivity contribution < 1.29 is 22.3 Å². The first-order valence-corrected chi connectivity index (χ1v) is 8.41. The Hall–Kier alpha value is -1.21. The molecule has 0 aromatic heterocycles. The van der Waals surface area contributed by atoms with E-state index < -0.39 is 21.7 Å². The van der Waals surface area contributed by atoms with Gasteiger partial charge in [0.1, 0.15) is 0 Å². The van der Waals surface area contributed by atoms with Crippen molar-refractivity contribution in [1.82, 2.24) is 0 Å². The first-order valence-electron chi connectivity index (χ1n) is 6.87. The van der Waals surface area contributed by atoms with Crippen LogP contribution in [0.2, 0.25) is 0 Å². The highest BCUT2D eigenvalue weighted by Gasteiger charge is 2.28. The van der Waals surface area contributed by atoms with Crippen LogP contribution in [0.4, 0.5) is 14.5 Å². The van der Waals surface area contributed by atoms with Gasteiger partial charge in [0.2, 0.25) is 9.84 Å². The highest BCUT2D eigenvalue weighted by molar-refractivity contribution is 7.91. The van der Waals surface area contributed by atoms with E-state index in [-0.39, 0.29) is 10.9 Å². The molecule has 1 aromatic rings. The lowest BCUT2D eigenvalue weighted by Crippen LogP contribution is -2.43. The summed E-state index contributed by atoms with van der Waals surface area (Å²) in [5, 5.41) is 10.0. The summed E-state index contributed by atoms with van der Waals surface area (Å²) in [4.78, 5) is 1.49. The van der Waals surface area contributed by atoms with Crippen molar-refractivity contribution in [3.63, 3.8) is 0 Å².